The highest BCUT2D eigenvalue weighted by molar-refractivity contribution is 7.81. The van der Waals surface area contributed by atoms with E-state index < -0.39 is 88.7 Å². The number of aliphatic hydroxyl groups excluding tert-OH is 7. The van der Waals surface area contributed by atoms with Crippen molar-refractivity contribution in [2.24, 2.45) is 0 Å². The van der Waals surface area contributed by atoms with Crippen LogP contribution in [0.3, 0.4) is 0 Å². The summed E-state index contributed by atoms with van der Waals surface area (Å²) in [5, 5.41) is 65.2. The van der Waals surface area contributed by atoms with Gasteiger partial charge in [-0.15, -0.1) is 0 Å². The summed E-state index contributed by atoms with van der Waals surface area (Å²) in [5.74, 6) is -0.708. The quantitative estimate of drug-likeness (QED) is 0.0655. The van der Waals surface area contributed by atoms with Gasteiger partial charge in [0, 0.05) is 6.92 Å². The molecule has 0 aromatic carbocycles. The molecule has 0 saturated heterocycles. The second-order valence-electron chi connectivity index (χ2n) is 6.45. The predicted molar refractivity (Wildman–Crippen MR) is 107 cm³/mol. The molecule has 8 atom stereocenters. The smallest absolute Gasteiger partial charge is 0.394 e. The van der Waals surface area contributed by atoms with Crippen LogP contribution in [0.2, 0.25) is 0 Å². The zero-order valence-electron chi connectivity index (χ0n) is 17.7. The molecular weight excluding hydrogens is 534 g/mol. The van der Waals surface area contributed by atoms with Crippen molar-refractivity contribution in [3.8, 4) is 0 Å². The Morgan fingerprint density at radius 1 is 0.800 bits per heavy atom. The maximum atomic E-state index is 10.8. The van der Waals surface area contributed by atoms with Gasteiger partial charge in [0.1, 0.15) is 55.1 Å². The van der Waals surface area contributed by atoms with Gasteiger partial charge in [-0.05, 0) is 0 Å². The molecule has 0 aromatic rings. The molecule has 0 rings (SSSR count). The molecule has 19 nitrogen and oxygen atoms in total. The van der Waals surface area contributed by atoms with Crippen LogP contribution in [0.25, 0.3) is 0 Å². The highest BCUT2D eigenvalue weighted by Crippen LogP contribution is 2.12. The Hall–Kier alpha value is -1.73. The predicted octanol–water partition coefficient (Wildman–Crippen LogP) is -6.96. The van der Waals surface area contributed by atoms with E-state index in [-0.39, 0.29) is 12.6 Å². The lowest BCUT2D eigenvalue weighted by Crippen LogP contribution is -2.54. The van der Waals surface area contributed by atoms with E-state index in [1.807, 2.05) is 5.32 Å². The van der Waals surface area contributed by atoms with Crippen LogP contribution >= 0.6 is 0 Å². The van der Waals surface area contributed by atoms with Gasteiger partial charge in [-0.2, -0.15) is 16.8 Å². The first kappa shape index (κ1) is 35.4. The summed E-state index contributed by atoms with van der Waals surface area (Å²) in [6.07, 6.45) is -14.2. The van der Waals surface area contributed by atoms with E-state index in [4.69, 9.17) is 29.5 Å². The SMILES string of the molecule is CC(=O)N[C@@H](C=O)[C@@H](O)[C@H](OS(=O)(=O)O)[C@H](O)CO.O=C[C@H](O)[C@@H](OS(=O)(=O)O)[C@@H](O)[C@H](O)CO. The molecule has 0 fully saturated rings. The summed E-state index contributed by atoms with van der Waals surface area (Å²) in [5.41, 5.74) is 0. The van der Waals surface area contributed by atoms with E-state index in [0.29, 0.717) is 0 Å². The first-order chi connectivity index (χ1) is 15.8. The fraction of sp³-hybridized carbons (Fsp3) is 0.786. The van der Waals surface area contributed by atoms with Crippen LogP contribution in [0.15, 0.2) is 0 Å². The topological polar surface area (TPSA) is 332 Å². The van der Waals surface area contributed by atoms with Gasteiger partial charge in [-0.3, -0.25) is 13.9 Å². The van der Waals surface area contributed by atoms with Crippen LogP contribution in [0, 0.1) is 0 Å². The molecule has 0 aliphatic heterocycles. The molecule has 208 valence electrons. The second kappa shape index (κ2) is 16.1. The van der Waals surface area contributed by atoms with E-state index in [1.54, 1.807) is 0 Å². The van der Waals surface area contributed by atoms with Crippen molar-refractivity contribution in [1.29, 1.82) is 0 Å². The van der Waals surface area contributed by atoms with Crippen molar-refractivity contribution in [3.63, 3.8) is 0 Å². The molecule has 21 heteroatoms. The van der Waals surface area contributed by atoms with E-state index in [0.717, 1.165) is 6.92 Å². The maximum Gasteiger partial charge on any atom is 0.397 e. The highest BCUT2D eigenvalue weighted by atomic mass is 32.3. The monoisotopic (exact) mass is 561 g/mol. The van der Waals surface area contributed by atoms with Crippen LogP contribution in [-0.2, 0) is 43.5 Å². The molecular formula is C14H27NO18S2. The van der Waals surface area contributed by atoms with Crippen LogP contribution in [0.1, 0.15) is 6.92 Å². The van der Waals surface area contributed by atoms with Crippen molar-refractivity contribution in [3.05, 3.63) is 0 Å². The minimum atomic E-state index is -5.05. The number of amides is 1. The molecule has 0 spiro atoms. The van der Waals surface area contributed by atoms with Crippen molar-refractivity contribution < 1.29 is 84.4 Å². The molecule has 35 heavy (non-hydrogen) atoms. The van der Waals surface area contributed by atoms with Crippen molar-refractivity contribution >= 4 is 39.3 Å². The molecule has 0 saturated carbocycles. The Morgan fingerprint density at radius 2 is 1.23 bits per heavy atom. The van der Waals surface area contributed by atoms with Gasteiger partial charge in [0.05, 0.1) is 13.2 Å². The second-order valence-corrected chi connectivity index (χ2v) is 8.54. The number of carbonyl (C=O) groups is 3. The molecule has 0 unspecified atom stereocenters. The maximum absolute atomic E-state index is 10.8. The summed E-state index contributed by atoms with van der Waals surface area (Å²) in [7, 11) is -10.1. The first-order valence-electron chi connectivity index (χ1n) is 8.96. The average molecular weight is 561 g/mol. The number of hydrogen-bond donors (Lipinski definition) is 10. The zero-order chi connectivity index (χ0) is 28.1. The van der Waals surface area contributed by atoms with Crippen LogP contribution in [0.5, 0.6) is 0 Å². The van der Waals surface area contributed by atoms with Crippen LogP contribution < -0.4 is 5.32 Å². The number of carbonyl (C=O) groups excluding carboxylic acids is 3. The summed E-state index contributed by atoms with van der Waals surface area (Å²) in [4.78, 5) is 31.6. The van der Waals surface area contributed by atoms with E-state index in [9.17, 15) is 46.5 Å². The lowest BCUT2D eigenvalue weighted by molar-refractivity contribution is -0.132. The Morgan fingerprint density at radius 3 is 1.54 bits per heavy atom. The normalized spacial score (nSPS) is 18.9. The minimum Gasteiger partial charge on any atom is -0.394 e. The van der Waals surface area contributed by atoms with Crippen LogP contribution in [0.4, 0.5) is 0 Å². The van der Waals surface area contributed by atoms with Crippen molar-refractivity contribution in [2.45, 2.75) is 55.7 Å². The Bertz CT molecular complexity index is 862. The number of aliphatic hydroxyl groups is 7. The lowest BCUT2D eigenvalue weighted by atomic mass is 10.0. The number of aldehydes is 2. The van der Waals surface area contributed by atoms with Gasteiger partial charge in [0.2, 0.25) is 5.91 Å². The number of rotatable bonds is 15. The lowest BCUT2D eigenvalue weighted by Gasteiger charge is -2.28. The van der Waals surface area contributed by atoms with Crippen LogP contribution in [-0.4, -0.2) is 142 Å². The van der Waals surface area contributed by atoms with E-state index >= 15 is 0 Å². The van der Waals surface area contributed by atoms with E-state index in [1.165, 1.54) is 0 Å². The molecule has 0 bridgehead atoms. The standard InChI is InChI=1S/C8H15NO9S.C6H12O9S/c1-4(12)9-5(2-10)7(14)8(6(13)3-11)18-19(15,16)17;7-1-3(9)5(11)6(4(10)2-8)15-16(12,13)14/h2,5-8,11,13-14H,3H2,1H3,(H,9,12)(H,15,16,17);2-7,9-11H,1H2,(H,12,13,14)/t5-,6+,7+,8+;3-,4+,5+,6-/m01/s1. The Labute approximate surface area is 198 Å². The first-order valence-corrected chi connectivity index (χ1v) is 11.7. The Kier molecular flexibility index (Phi) is 16.3. The third kappa shape index (κ3) is 15.1. The Balaban J connectivity index is 0. The van der Waals surface area contributed by atoms with Gasteiger partial charge in [-0.25, -0.2) is 8.37 Å². The number of nitrogens with one attached hydrogen (secondary N) is 1. The van der Waals surface area contributed by atoms with Gasteiger partial charge < -0.3 is 50.7 Å². The molecule has 0 radical (unpaired) electrons. The van der Waals surface area contributed by atoms with Crippen molar-refractivity contribution in [1.82, 2.24) is 5.32 Å². The summed E-state index contributed by atoms with van der Waals surface area (Å²) >= 11 is 0. The fourth-order valence-corrected chi connectivity index (χ4v) is 3.12. The summed E-state index contributed by atoms with van der Waals surface area (Å²) in [6.45, 7) is -0.939. The molecule has 0 heterocycles. The zero-order valence-corrected chi connectivity index (χ0v) is 19.3. The molecule has 0 aliphatic carbocycles. The largest absolute Gasteiger partial charge is 0.397 e. The van der Waals surface area contributed by atoms with Gasteiger partial charge >= 0.3 is 20.8 Å². The van der Waals surface area contributed by atoms with Gasteiger partial charge in [-0.1, -0.05) is 0 Å². The van der Waals surface area contributed by atoms with E-state index in [2.05, 4.69) is 8.37 Å². The number of hydrogen-bond acceptors (Lipinski definition) is 16. The third-order valence-corrected chi connectivity index (χ3v) is 4.58. The molecule has 0 aliphatic rings. The third-order valence-electron chi connectivity index (χ3n) is 3.65. The highest BCUT2D eigenvalue weighted by Gasteiger charge is 2.37. The van der Waals surface area contributed by atoms with Gasteiger partial charge in [0.25, 0.3) is 0 Å². The fourth-order valence-electron chi connectivity index (χ4n) is 2.09. The molecule has 10 N–H and O–H groups in total. The van der Waals surface area contributed by atoms with Gasteiger partial charge in [0.15, 0.2) is 6.29 Å². The molecule has 0 aromatic heterocycles. The minimum absolute atomic E-state index is 0.0799. The summed E-state index contributed by atoms with van der Waals surface area (Å²) in [6, 6.07) is -1.59. The van der Waals surface area contributed by atoms with Crippen molar-refractivity contribution in [2.75, 3.05) is 13.2 Å². The summed E-state index contributed by atoms with van der Waals surface area (Å²) < 4.78 is 66.3. The molecule has 1 amide bonds. The average Bonchev–Trinajstić information content (AvgIpc) is 2.75.